The fourth-order valence-corrected chi connectivity index (χ4v) is 3.55. The van der Waals surface area contributed by atoms with Crippen molar-refractivity contribution in [3.63, 3.8) is 0 Å². The Balaban J connectivity index is 1.99. The van der Waals surface area contributed by atoms with Crippen LogP contribution < -0.4 is 5.73 Å². The van der Waals surface area contributed by atoms with E-state index in [9.17, 15) is 0 Å². The molecule has 0 bridgehead atoms. The summed E-state index contributed by atoms with van der Waals surface area (Å²) in [4.78, 5) is 0. The standard InChI is InChI=1S/C17H27N/c1-12-8-13(2)17(14(3)9-12)11-16(18)10-15-6-4-5-7-15/h8-9,15-16H,4-7,10-11,18H2,1-3H3. The van der Waals surface area contributed by atoms with Crippen molar-refractivity contribution in [2.75, 3.05) is 0 Å². The minimum atomic E-state index is 0.341. The van der Waals surface area contributed by atoms with Crippen molar-refractivity contribution < 1.29 is 0 Å². The Bertz CT molecular complexity index is 379. The molecule has 18 heavy (non-hydrogen) atoms. The summed E-state index contributed by atoms with van der Waals surface area (Å²) in [5.41, 5.74) is 12.0. The maximum atomic E-state index is 6.36. The molecule has 1 saturated carbocycles. The van der Waals surface area contributed by atoms with Gasteiger partial charge in [0.1, 0.15) is 0 Å². The molecular formula is C17H27N. The zero-order valence-corrected chi connectivity index (χ0v) is 12.1. The van der Waals surface area contributed by atoms with Crippen LogP contribution in [0.15, 0.2) is 12.1 Å². The Kier molecular flexibility index (Phi) is 4.45. The third-order valence-corrected chi connectivity index (χ3v) is 4.42. The van der Waals surface area contributed by atoms with E-state index in [0.717, 1.165) is 12.3 Å². The van der Waals surface area contributed by atoms with Crippen LogP contribution in [0.5, 0.6) is 0 Å². The first-order valence-electron chi connectivity index (χ1n) is 7.38. The number of benzene rings is 1. The molecule has 1 aliphatic carbocycles. The van der Waals surface area contributed by atoms with Gasteiger partial charge in [-0.15, -0.1) is 0 Å². The van der Waals surface area contributed by atoms with E-state index in [-0.39, 0.29) is 0 Å². The number of nitrogens with two attached hydrogens (primary N) is 1. The van der Waals surface area contributed by atoms with Crippen molar-refractivity contribution in [3.05, 3.63) is 34.4 Å². The zero-order valence-electron chi connectivity index (χ0n) is 12.1. The molecule has 0 aliphatic heterocycles. The van der Waals surface area contributed by atoms with Gasteiger partial charge in [0.25, 0.3) is 0 Å². The molecule has 0 spiro atoms. The molecule has 1 heteroatoms. The maximum absolute atomic E-state index is 6.36. The van der Waals surface area contributed by atoms with Gasteiger partial charge in [0.2, 0.25) is 0 Å². The predicted octanol–water partition coefficient (Wildman–Crippen LogP) is 4.06. The first-order valence-corrected chi connectivity index (χ1v) is 7.38. The van der Waals surface area contributed by atoms with Crippen molar-refractivity contribution in [3.8, 4) is 0 Å². The number of aryl methyl sites for hydroxylation is 3. The molecule has 1 nitrogen and oxygen atoms in total. The van der Waals surface area contributed by atoms with E-state index in [0.29, 0.717) is 6.04 Å². The second-order valence-electron chi connectivity index (χ2n) is 6.23. The van der Waals surface area contributed by atoms with E-state index < -0.39 is 0 Å². The van der Waals surface area contributed by atoms with Gasteiger partial charge in [0.15, 0.2) is 0 Å². The molecule has 0 aromatic heterocycles. The van der Waals surface area contributed by atoms with Gasteiger partial charge in [-0.3, -0.25) is 0 Å². The molecule has 1 fully saturated rings. The second kappa shape index (κ2) is 5.88. The molecule has 1 unspecified atom stereocenters. The fourth-order valence-electron chi connectivity index (χ4n) is 3.55. The molecular weight excluding hydrogens is 218 g/mol. The molecule has 100 valence electrons. The van der Waals surface area contributed by atoms with Gasteiger partial charge >= 0.3 is 0 Å². The highest BCUT2D eigenvalue weighted by molar-refractivity contribution is 5.37. The Morgan fingerprint density at radius 3 is 2.22 bits per heavy atom. The molecule has 1 aliphatic rings. The van der Waals surface area contributed by atoms with Crippen LogP contribution in [-0.2, 0) is 6.42 Å². The summed E-state index contributed by atoms with van der Waals surface area (Å²) in [6, 6.07) is 4.91. The topological polar surface area (TPSA) is 26.0 Å². The summed E-state index contributed by atoms with van der Waals surface area (Å²) < 4.78 is 0. The Labute approximate surface area is 112 Å². The first kappa shape index (κ1) is 13.6. The molecule has 0 amide bonds. The Morgan fingerprint density at radius 1 is 1.11 bits per heavy atom. The van der Waals surface area contributed by atoms with Gasteiger partial charge in [0.05, 0.1) is 0 Å². The van der Waals surface area contributed by atoms with E-state index in [1.807, 2.05) is 0 Å². The third kappa shape index (κ3) is 3.35. The van der Waals surface area contributed by atoms with Gasteiger partial charge in [0, 0.05) is 6.04 Å². The van der Waals surface area contributed by atoms with Gasteiger partial charge in [-0.25, -0.2) is 0 Å². The summed E-state index contributed by atoms with van der Waals surface area (Å²) in [5.74, 6) is 0.895. The van der Waals surface area contributed by atoms with E-state index in [1.54, 1.807) is 0 Å². The lowest BCUT2D eigenvalue weighted by Gasteiger charge is -2.19. The Morgan fingerprint density at radius 2 is 1.67 bits per heavy atom. The van der Waals surface area contributed by atoms with E-state index >= 15 is 0 Å². The van der Waals surface area contributed by atoms with Crippen LogP contribution in [0.2, 0.25) is 0 Å². The van der Waals surface area contributed by atoms with Crippen molar-refractivity contribution in [2.24, 2.45) is 11.7 Å². The van der Waals surface area contributed by atoms with Gasteiger partial charge in [-0.05, 0) is 56.2 Å². The van der Waals surface area contributed by atoms with Crippen LogP contribution in [0.3, 0.4) is 0 Å². The van der Waals surface area contributed by atoms with Crippen LogP contribution in [0.4, 0.5) is 0 Å². The molecule has 1 aromatic rings. The summed E-state index contributed by atoms with van der Waals surface area (Å²) in [7, 11) is 0. The number of hydrogen-bond acceptors (Lipinski definition) is 1. The SMILES string of the molecule is Cc1cc(C)c(CC(N)CC2CCCC2)c(C)c1. The summed E-state index contributed by atoms with van der Waals surface area (Å²) in [6.45, 7) is 6.61. The largest absolute Gasteiger partial charge is 0.327 e. The van der Waals surface area contributed by atoms with E-state index in [2.05, 4.69) is 32.9 Å². The van der Waals surface area contributed by atoms with Crippen LogP contribution >= 0.6 is 0 Å². The van der Waals surface area contributed by atoms with Crippen LogP contribution in [0.1, 0.15) is 54.4 Å². The quantitative estimate of drug-likeness (QED) is 0.850. The lowest BCUT2D eigenvalue weighted by atomic mass is 9.90. The molecule has 0 radical (unpaired) electrons. The monoisotopic (exact) mass is 245 g/mol. The molecule has 0 heterocycles. The smallest absolute Gasteiger partial charge is 0.00821 e. The average Bonchev–Trinajstić information content (AvgIpc) is 2.76. The Hall–Kier alpha value is -0.820. The summed E-state index contributed by atoms with van der Waals surface area (Å²) in [6.07, 6.45) is 7.90. The van der Waals surface area contributed by atoms with Crippen LogP contribution in [0.25, 0.3) is 0 Å². The normalized spacial score (nSPS) is 18.2. The predicted molar refractivity (Wildman–Crippen MR) is 78.9 cm³/mol. The van der Waals surface area contributed by atoms with Crippen molar-refractivity contribution >= 4 is 0 Å². The molecule has 2 N–H and O–H groups in total. The maximum Gasteiger partial charge on any atom is 0.00821 e. The van der Waals surface area contributed by atoms with Crippen LogP contribution in [-0.4, -0.2) is 6.04 Å². The highest BCUT2D eigenvalue weighted by Crippen LogP contribution is 2.29. The average molecular weight is 245 g/mol. The lowest BCUT2D eigenvalue weighted by Crippen LogP contribution is -2.26. The van der Waals surface area contributed by atoms with Gasteiger partial charge in [-0.1, -0.05) is 43.4 Å². The summed E-state index contributed by atoms with van der Waals surface area (Å²) >= 11 is 0. The lowest BCUT2D eigenvalue weighted by molar-refractivity contribution is 0.440. The highest BCUT2D eigenvalue weighted by Gasteiger charge is 2.19. The van der Waals surface area contributed by atoms with E-state index in [4.69, 9.17) is 5.73 Å². The third-order valence-electron chi connectivity index (χ3n) is 4.42. The molecule has 2 rings (SSSR count). The minimum Gasteiger partial charge on any atom is -0.327 e. The second-order valence-corrected chi connectivity index (χ2v) is 6.23. The molecule has 1 aromatic carbocycles. The van der Waals surface area contributed by atoms with Crippen LogP contribution in [0, 0.1) is 26.7 Å². The minimum absolute atomic E-state index is 0.341. The molecule has 0 saturated heterocycles. The summed E-state index contributed by atoms with van der Waals surface area (Å²) in [5, 5.41) is 0. The zero-order chi connectivity index (χ0) is 13.1. The van der Waals surface area contributed by atoms with Gasteiger partial charge < -0.3 is 5.73 Å². The first-order chi connectivity index (χ1) is 8.56. The van der Waals surface area contributed by atoms with Crippen molar-refractivity contribution in [1.82, 2.24) is 0 Å². The van der Waals surface area contributed by atoms with E-state index in [1.165, 1.54) is 54.4 Å². The highest BCUT2D eigenvalue weighted by atomic mass is 14.6. The number of hydrogen-bond donors (Lipinski definition) is 1. The fraction of sp³-hybridized carbons (Fsp3) is 0.647. The van der Waals surface area contributed by atoms with Crippen molar-refractivity contribution in [1.29, 1.82) is 0 Å². The van der Waals surface area contributed by atoms with Gasteiger partial charge in [-0.2, -0.15) is 0 Å². The number of rotatable bonds is 4. The molecule has 1 atom stereocenters. The van der Waals surface area contributed by atoms with Crippen molar-refractivity contribution in [2.45, 2.75) is 65.3 Å².